The summed E-state index contributed by atoms with van der Waals surface area (Å²) in [6.07, 6.45) is 1.75. The summed E-state index contributed by atoms with van der Waals surface area (Å²) in [7, 11) is 3.54. The van der Waals surface area contributed by atoms with Crippen LogP contribution in [0.5, 0.6) is 5.75 Å². The third-order valence-electron chi connectivity index (χ3n) is 2.90. The summed E-state index contributed by atoms with van der Waals surface area (Å²) in [6, 6.07) is 7.71. The Bertz CT molecular complexity index is 519. The molecule has 0 aliphatic carbocycles. The third kappa shape index (κ3) is 2.17. The standard InChI is InChI=1S/C13H17N3O/c1-9-4-5-12(17-3)10(8-9)13(14)11-6-7-15-16(11)2/h4-8,13H,14H2,1-3H3. The molecule has 2 rings (SSSR count). The molecule has 0 bridgehead atoms. The molecule has 0 saturated carbocycles. The van der Waals surface area contributed by atoms with Crippen molar-refractivity contribution >= 4 is 0 Å². The van der Waals surface area contributed by atoms with Crippen LogP contribution in [0.15, 0.2) is 30.5 Å². The van der Waals surface area contributed by atoms with Crippen LogP contribution < -0.4 is 10.5 Å². The van der Waals surface area contributed by atoms with E-state index in [0.717, 1.165) is 17.0 Å². The van der Waals surface area contributed by atoms with Gasteiger partial charge in [-0.25, -0.2) is 0 Å². The highest BCUT2D eigenvalue weighted by atomic mass is 16.5. The van der Waals surface area contributed by atoms with Gasteiger partial charge in [0.25, 0.3) is 0 Å². The van der Waals surface area contributed by atoms with Gasteiger partial charge < -0.3 is 10.5 Å². The molecule has 90 valence electrons. The Morgan fingerprint density at radius 1 is 1.35 bits per heavy atom. The number of hydrogen-bond acceptors (Lipinski definition) is 3. The number of hydrogen-bond donors (Lipinski definition) is 1. The Morgan fingerprint density at radius 3 is 2.71 bits per heavy atom. The second-order valence-electron chi connectivity index (χ2n) is 4.10. The van der Waals surface area contributed by atoms with Crippen molar-refractivity contribution in [2.24, 2.45) is 12.8 Å². The molecule has 2 N–H and O–H groups in total. The zero-order chi connectivity index (χ0) is 12.4. The topological polar surface area (TPSA) is 53.1 Å². The number of rotatable bonds is 3. The van der Waals surface area contributed by atoms with Crippen LogP contribution in [-0.4, -0.2) is 16.9 Å². The first-order valence-electron chi connectivity index (χ1n) is 5.51. The molecule has 0 saturated heterocycles. The molecule has 17 heavy (non-hydrogen) atoms. The molecule has 1 aromatic carbocycles. The highest BCUT2D eigenvalue weighted by Gasteiger charge is 2.16. The number of nitrogens with zero attached hydrogens (tertiary/aromatic N) is 2. The lowest BCUT2D eigenvalue weighted by atomic mass is 10.0. The Balaban J connectivity index is 2.46. The molecule has 1 unspecified atom stereocenters. The van der Waals surface area contributed by atoms with Gasteiger partial charge in [0.05, 0.1) is 18.8 Å². The van der Waals surface area contributed by atoms with Crippen LogP contribution in [0.3, 0.4) is 0 Å². The molecule has 0 aliphatic heterocycles. The Labute approximate surface area is 101 Å². The maximum Gasteiger partial charge on any atom is 0.124 e. The van der Waals surface area contributed by atoms with E-state index < -0.39 is 0 Å². The predicted molar refractivity (Wildman–Crippen MR) is 67.0 cm³/mol. The number of methoxy groups -OCH3 is 1. The lowest BCUT2D eigenvalue weighted by Crippen LogP contribution is -2.17. The first kappa shape index (κ1) is 11.7. The molecule has 4 heteroatoms. The minimum Gasteiger partial charge on any atom is -0.496 e. The van der Waals surface area contributed by atoms with Gasteiger partial charge in [-0.1, -0.05) is 17.7 Å². The van der Waals surface area contributed by atoms with Crippen LogP contribution in [0.1, 0.15) is 22.9 Å². The van der Waals surface area contributed by atoms with Crippen LogP contribution in [0.25, 0.3) is 0 Å². The molecule has 1 atom stereocenters. The normalized spacial score (nSPS) is 12.5. The lowest BCUT2D eigenvalue weighted by Gasteiger charge is -2.16. The van der Waals surface area contributed by atoms with E-state index in [9.17, 15) is 0 Å². The molecule has 0 amide bonds. The molecule has 2 aromatic rings. The van der Waals surface area contributed by atoms with Gasteiger partial charge >= 0.3 is 0 Å². The number of nitrogens with two attached hydrogens (primary N) is 1. The van der Waals surface area contributed by atoms with E-state index >= 15 is 0 Å². The molecule has 1 aromatic heterocycles. The largest absolute Gasteiger partial charge is 0.496 e. The molecule has 0 aliphatic rings. The average molecular weight is 231 g/mol. The zero-order valence-electron chi connectivity index (χ0n) is 10.3. The molecular formula is C13H17N3O. The summed E-state index contributed by atoms with van der Waals surface area (Å²) >= 11 is 0. The summed E-state index contributed by atoms with van der Waals surface area (Å²) in [6.45, 7) is 2.04. The van der Waals surface area contributed by atoms with Gasteiger partial charge in [0.2, 0.25) is 0 Å². The first-order chi connectivity index (χ1) is 8.13. The maximum absolute atomic E-state index is 6.27. The smallest absolute Gasteiger partial charge is 0.124 e. The van der Waals surface area contributed by atoms with E-state index in [0.29, 0.717) is 0 Å². The van der Waals surface area contributed by atoms with Gasteiger partial charge in [-0.05, 0) is 19.1 Å². The fourth-order valence-corrected chi connectivity index (χ4v) is 1.95. The van der Waals surface area contributed by atoms with Crippen molar-refractivity contribution in [1.82, 2.24) is 9.78 Å². The van der Waals surface area contributed by atoms with Gasteiger partial charge in [0.1, 0.15) is 5.75 Å². The minimum absolute atomic E-state index is 0.225. The summed E-state index contributed by atoms with van der Waals surface area (Å²) in [5.41, 5.74) is 9.38. The highest BCUT2D eigenvalue weighted by Crippen LogP contribution is 2.28. The highest BCUT2D eigenvalue weighted by molar-refractivity contribution is 5.42. The Hall–Kier alpha value is -1.81. The fraction of sp³-hybridized carbons (Fsp3) is 0.308. The number of aromatic nitrogens is 2. The minimum atomic E-state index is -0.225. The molecule has 0 radical (unpaired) electrons. The van der Waals surface area contributed by atoms with Crippen LogP contribution in [0.2, 0.25) is 0 Å². The van der Waals surface area contributed by atoms with Gasteiger partial charge in [-0.3, -0.25) is 4.68 Å². The molecule has 0 fully saturated rings. The first-order valence-corrected chi connectivity index (χ1v) is 5.51. The summed E-state index contributed by atoms with van der Waals surface area (Å²) < 4.78 is 7.13. The maximum atomic E-state index is 6.27. The van der Waals surface area contributed by atoms with Crippen molar-refractivity contribution in [1.29, 1.82) is 0 Å². The van der Waals surface area contributed by atoms with Crippen LogP contribution in [0.4, 0.5) is 0 Å². The monoisotopic (exact) mass is 231 g/mol. The SMILES string of the molecule is COc1ccc(C)cc1C(N)c1ccnn1C. The number of benzene rings is 1. The predicted octanol–water partition coefficient (Wildman–Crippen LogP) is 1.79. The summed E-state index contributed by atoms with van der Waals surface area (Å²) in [5.74, 6) is 0.810. The van der Waals surface area contributed by atoms with Crippen LogP contribution in [-0.2, 0) is 7.05 Å². The number of aryl methyl sites for hydroxylation is 2. The van der Waals surface area contributed by atoms with E-state index in [1.807, 2.05) is 32.2 Å². The van der Waals surface area contributed by atoms with Crippen molar-refractivity contribution in [2.75, 3.05) is 7.11 Å². The van der Waals surface area contributed by atoms with E-state index in [4.69, 9.17) is 10.5 Å². The Morgan fingerprint density at radius 2 is 2.12 bits per heavy atom. The van der Waals surface area contributed by atoms with Crippen molar-refractivity contribution in [3.63, 3.8) is 0 Å². The molecule has 0 spiro atoms. The van der Waals surface area contributed by atoms with Crippen molar-refractivity contribution in [3.05, 3.63) is 47.3 Å². The third-order valence-corrected chi connectivity index (χ3v) is 2.90. The second kappa shape index (κ2) is 4.59. The van der Waals surface area contributed by atoms with Crippen molar-refractivity contribution in [2.45, 2.75) is 13.0 Å². The van der Waals surface area contributed by atoms with E-state index in [2.05, 4.69) is 11.2 Å². The zero-order valence-corrected chi connectivity index (χ0v) is 10.3. The summed E-state index contributed by atoms with van der Waals surface area (Å²) in [4.78, 5) is 0. The van der Waals surface area contributed by atoms with Crippen molar-refractivity contribution < 1.29 is 4.74 Å². The van der Waals surface area contributed by atoms with E-state index in [1.165, 1.54) is 5.56 Å². The quantitative estimate of drug-likeness (QED) is 0.876. The second-order valence-corrected chi connectivity index (χ2v) is 4.10. The van der Waals surface area contributed by atoms with Gasteiger partial charge in [-0.15, -0.1) is 0 Å². The Kier molecular flexibility index (Phi) is 3.15. The van der Waals surface area contributed by atoms with Gasteiger partial charge in [0, 0.05) is 18.8 Å². The summed E-state index contributed by atoms with van der Waals surface area (Å²) in [5, 5.41) is 4.14. The number of ether oxygens (including phenoxy) is 1. The van der Waals surface area contributed by atoms with E-state index in [-0.39, 0.29) is 6.04 Å². The average Bonchev–Trinajstić information content (AvgIpc) is 2.74. The van der Waals surface area contributed by atoms with Gasteiger partial charge in [0.15, 0.2) is 0 Å². The van der Waals surface area contributed by atoms with Crippen LogP contribution >= 0.6 is 0 Å². The van der Waals surface area contributed by atoms with E-state index in [1.54, 1.807) is 18.0 Å². The van der Waals surface area contributed by atoms with Crippen LogP contribution in [0, 0.1) is 6.92 Å². The fourth-order valence-electron chi connectivity index (χ4n) is 1.95. The molecular weight excluding hydrogens is 214 g/mol. The molecule has 4 nitrogen and oxygen atoms in total. The lowest BCUT2D eigenvalue weighted by molar-refractivity contribution is 0.407. The van der Waals surface area contributed by atoms with Crippen molar-refractivity contribution in [3.8, 4) is 5.75 Å². The van der Waals surface area contributed by atoms with Gasteiger partial charge in [-0.2, -0.15) is 5.10 Å². The molecule has 1 heterocycles.